The number of aliphatic hydroxyl groups excluding tert-OH is 1. The number of β-amino-alcohol motifs (C(OH)–C–C–N with tert-alkyl or cyclic N) is 1. The maximum absolute atomic E-state index is 13.1. The van der Waals surface area contributed by atoms with Crippen LogP contribution < -0.4 is 4.90 Å². The van der Waals surface area contributed by atoms with Gasteiger partial charge in [0.05, 0.1) is 17.4 Å². The number of hydrogen-bond acceptors (Lipinski definition) is 5. The molecule has 2 aromatic heterocycles. The van der Waals surface area contributed by atoms with Gasteiger partial charge in [0.25, 0.3) is 0 Å². The Balaban J connectivity index is 1.79. The molecule has 2 aromatic rings. The van der Waals surface area contributed by atoms with Gasteiger partial charge < -0.3 is 14.5 Å². The Morgan fingerprint density at radius 2 is 2.17 bits per heavy atom. The first kappa shape index (κ1) is 15.8. The summed E-state index contributed by atoms with van der Waals surface area (Å²) in [4.78, 5) is 5.34. The van der Waals surface area contributed by atoms with Crippen LogP contribution in [0.3, 0.4) is 0 Å². The number of nitrogens with zero attached hydrogens (tertiary/aromatic N) is 3. The third-order valence-corrected chi connectivity index (χ3v) is 3.94. The minimum atomic E-state index is -4.48. The van der Waals surface area contributed by atoms with Crippen molar-refractivity contribution in [3.05, 3.63) is 41.4 Å². The summed E-state index contributed by atoms with van der Waals surface area (Å²) in [5.41, 5.74) is -0.0585. The summed E-state index contributed by atoms with van der Waals surface area (Å²) in [6, 6.07) is 4.02. The minimum absolute atomic E-state index is 0.109. The highest BCUT2D eigenvalue weighted by molar-refractivity contribution is 5.49. The van der Waals surface area contributed by atoms with Gasteiger partial charge in [-0.15, -0.1) is 0 Å². The van der Waals surface area contributed by atoms with Crippen molar-refractivity contribution >= 4 is 5.82 Å². The van der Waals surface area contributed by atoms with E-state index in [2.05, 4.69) is 10.1 Å². The summed E-state index contributed by atoms with van der Waals surface area (Å²) in [6.45, 7) is 2.17. The highest BCUT2D eigenvalue weighted by Crippen LogP contribution is 2.37. The number of rotatable bonds is 3. The fourth-order valence-corrected chi connectivity index (χ4v) is 2.87. The lowest BCUT2D eigenvalue weighted by molar-refractivity contribution is -0.137. The molecule has 5 nitrogen and oxygen atoms in total. The maximum Gasteiger partial charge on any atom is 0.419 e. The lowest BCUT2D eigenvalue weighted by atomic mass is 10.0. The summed E-state index contributed by atoms with van der Waals surface area (Å²) < 4.78 is 44.4. The van der Waals surface area contributed by atoms with E-state index in [0.717, 1.165) is 11.8 Å². The van der Waals surface area contributed by atoms with E-state index < -0.39 is 17.8 Å². The first-order valence-electron chi connectivity index (χ1n) is 7.22. The first-order valence-corrected chi connectivity index (χ1v) is 7.22. The van der Waals surface area contributed by atoms with E-state index >= 15 is 0 Å². The van der Waals surface area contributed by atoms with Gasteiger partial charge in [-0.2, -0.15) is 13.2 Å². The van der Waals surface area contributed by atoms with Crippen LogP contribution in [0.25, 0.3) is 0 Å². The van der Waals surface area contributed by atoms with Crippen LogP contribution in [0, 0.1) is 12.8 Å². The molecule has 124 valence electrons. The number of pyridine rings is 1. The van der Waals surface area contributed by atoms with Gasteiger partial charge in [0, 0.05) is 37.7 Å². The second-order valence-corrected chi connectivity index (χ2v) is 5.74. The van der Waals surface area contributed by atoms with Crippen molar-refractivity contribution in [3.63, 3.8) is 0 Å². The topological polar surface area (TPSA) is 62.4 Å². The smallest absolute Gasteiger partial charge is 0.391 e. The van der Waals surface area contributed by atoms with Crippen molar-refractivity contribution in [2.24, 2.45) is 5.92 Å². The Morgan fingerprint density at radius 1 is 1.39 bits per heavy atom. The van der Waals surface area contributed by atoms with Crippen LogP contribution in [-0.2, 0) is 12.6 Å². The number of halogens is 3. The fourth-order valence-electron chi connectivity index (χ4n) is 2.87. The van der Waals surface area contributed by atoms with Gasteiger partial charge >= 0.3 is 6.18 Å². The minimum Gasteiger partial charge on any atom is -0.391 e. The molecule has 3 rings (SSSR count). The molecule has 1 fully saturated rings. The van der Waals surface area contributed by atoms with Crippen LogP contribution >= 0.6 is 0 Å². The second kappa shape index (κ2) is 5.84. The number of alkyl halides is 3. The molecule has 0 amide bonds. The molecular formula is C15H16F3N3O2. The quantitative estimate of drug-likeness (QED) is 0.938. The van der Waals surface area contributed by atoms with E-state index in [1.54, 1.807) is 13.0 Å². The van der Waals surface area contributed by atoms with Gasteiger partial charge in [0.2, 0.25) is 0 Å². The third-order valence-electron chi connectivity index (χ3n) is 3.94. The monoisotopic (exact) mass is 327 g/mol. The van der Waals surface area contributed by atoms with E-state index in [1.807, 2.05) is 0 Å². The van der Waals surface area contributed by atoms with Gasteiger partial charge in [-0.25, -0.2) is 4.98 Å². The summed E-state index contributed by atoms with van der Waals surface area (Å²) in [5.74, 6) is 0.242. The Bertz CT molecular complexity index is 687. The van der Waals surface area contributed by atoms with Gasteiger partial charge in [0.15, 0.2) is 0 Å². The van der Waals surface area contributed by atoms with Gasteiger partial charge in [-0.05, 0) is 19.1 Å². The molecule has 0 unspecified atom stereocenters. The molecule has 0 saturated carbocycles. The number of anilines is 1. The number of aliphatic hydroxyl groups is 1. The van der Waals surface area contributed by atoms with E-state index in [-0.39, 0.29) is 24.8 Å². The van der Waals surface area contributed by atoms with E-state index in [4.69, 9.17) is 4.52 Å². The number of hydrogen-bond donors (Lipinski definition) is 1. The van der Waals surface area contributed by atoms with E-state index in [0.29, 0.717) is 12.2 Å². The Kier molecular flexibility index (Phi) is 4.01. The summed E-state index contributed by atoms with van der Waals surface area (Å²) in [5, 5.41) is 13.9. The van der Waals surface area contributed by atoms with Gasteiger partial charge in [0.1, 0.15) is 11.6 Å². The highest BCUT2D eigenvalue weighted by atomic mass is 19.4. The molecular weight excluding hydrogens is 311 g/mol. The van der Waals surface area contributed by atoms with E-state index in [1.165, 1.54) is 17.2 Å². The molecule has 1 aliphatic heterocycles. The highest BCUT2D eigenvalue weighted by Gasteiger charge is 2.39. The molecule has 0 spiro atoms. The van der Waals surface area contributed by atoms with E-state index in [9.17, 15) is 18.3 Å². The zero-order valence-electron chi connectivity index (χ0n) is 12.4. The van der Waals surface area contributed by atoms with Crippen LogP contribution in [0.15, 0.2) is 28.9 Å². The number of aryl methyl sites for hydroxylation is 1. The Morgan fingerprint density at radius 3 is 2.83 bits per heavy atom. The van der Waals surface area contributed by atoms with Gasteiger partial charge in [-0.1, -0.05) is 5.16 Å². The fraction of sp³-hybridized carbons (Fsp3) is 0.467. The van der Waals surface area contributed by atoms with Crippen molar-refractivity contribution < 1.29 is 22.8 Å². The molecule has 3 heterocycles. The molecule has 0 aromatic carbocycles. The predicted octanol–water partition coefficient (Wildman–Crippen LogP) is 2.44. The lowest BCUT2D eigenvalue weighted by Gasteiger charge is -2.21. The third kappa shape index (κ3) is 3.31. The van der Waals surface area contributed by atoms with Crippen molar-refractivity contribution in [2.45, 2.75) is 25.6 Å². The molecule has 1 aliphatic rings. The zero-order chi connectivity index (χ0) is 16.6. The first-order chi connectivity index (χ1) is 10.8. The molecule has 1 saturated heterocycles. The molecule has 0 radical (unpaired) electrons. The predicted molar refractivity (Wildman–Crippen MR) is 75.9 cm³/mol. The molecule has 0 bridgehead atoms. The van der Waals surface area contributed by atoms with Crippen LogP contribution in [0.2, 0.25) is 0 Å². The average molecular weight is 327 g/mol. The summed E-state index contributed by atoms with van der Waals surface area (Å²) >= 11 is 0. The van der Waals surface area contributed by atoms with Crippen LogP contribution in [0.5, 0.6) is 0 Å². The molecule has 23 heavy (non-hydrogen) atoms. The molecule has 1 N–H and O–H groups in total. The Labute approximate surface area is 130 Å². The van der Waals surface area contributed by atoms with Gasteiger partial charge in [-0.3, -0.25) is 0 Å². The molecule has 8 heteroatoms. The second-order valence-electron chi connectivity index (χ2n) is 5.74. The largest absolute Gasteiger partial charge is 0.419 e. The molecule has 2 atom stereocenters. The van der Waals surface area contributed by atoms with Crippen molar-refractivity contribution in [1.82, 2.24) is 10.1 Å². The normalized spacial score (nSPS) is 21.9. The lowest BCUT2D eigenvalue weighted by Crippen LogP contribution is -2.25. The number of aromatic nitrogens is 2. The average Bonchev–Trinajstić information content (AvgIpc) is 3.05. The van der Waals surface area contributed by atoms with Crippen molar-refractivity contribution in [1.29, 1.82) is 0 Å². The zero-order valence-corrected chi connectivity index (χ0v) is 12.4. The van der Waals surface area contributed by atoms with Crippen molar-refractivity contribution in [2.75, 3.05) is 18.0 Å². The van der Waals surface area contributed by atoms with Crippen molar-refractivity contribution in [3.8, 4) is 0 Å². The van der Waals surface area contributed by atoms with Crippen LogP contribution in [0.4, 0.5) is 19.0 Å². The standard InChI is InChI=1S/C15H16F3N3O2/c1-9-5-11(23-20-9)6-10-7-21(8-13(10)22)14-12(15(16,17)18)3-2-4-19-14/h2-5,10,13,22H,6-8H2,1H3/t10-,13-/m1/s1. The van der Waals surface area contributed by atoms with Crippen LogP contribution in [-0.4, -0.2) is 34.4 Å². The molecule has 0 aliphatic carbocycles. The Hall–Kier alpha value is -2.09. The SMILES string of the molecule is Cc1cc(C[C@@H]2CN(c3ncccc3C(F)(F)F)C[C@H]2O)on1. The van der Waals surface area contributed by atoms with Crippen LogP contribution in [0.1, 0.15) is 17.0 Å². The summed E-state index contributed by atoms with van der Waals surface area (Å²) in [6.07, 6.45) is -3.48. The maximum atomic E-state index is 13.1. The summed E-state index contributed by atoms with van der Waals surface area (Å²) in [7, 11) is 0.